The molecule has 1 aliphatic rings. The Labute approximate surface area is 114 Å². The van der Waals surface area contributed by atoms with Crippen molar-refractivity contribution in [3.8, 4) is 0 Å². The Morgan fingerprint density at radius 3 is 2.79 bits per heavy atom. The molecule has 0 radical (unpaired) electrons. The van der Waals surface area contributed by atoms with Crippen LogP contribution < -0.4 is 11.3 Å². The lowest BCUT2D eigenvalue weighted by Gasteiger charge is -2.34. The molecule has 3 N–H and O–H groups in total. The molecule has 1 fully saturated rings. The minimum atomic E-state index is 0.222. The SMILES string of the molecule is CC1(C(NN)c2ccc3ncccc3c2)CCCC1. The van der Waals surface area contributed by atoms with Crippen LogP contribution >= 0.6 is 0 Å². The molecule has 3 heteroatoms. The maximum absolute atomic E-state index is 5.85. The number of nitrogens with one attached hydrogen (secondary N) is 1. The van der Waals surface area contributed by atoms with Crippen molar-refractivity contribution >= 4 is 10.9 Å². The van der Waals surface area contributed by atoms with Gasteiger partial charge in [-0.2, -0.15) is 0 Å². The van der Waals surface area contributed by atoms with Crippen molar-refractivity contribution in [2.24, 2.45) is 11.3 Å². The van der Waals surface area contributed by atoms with Crippen molar-refractivity contribution in [3.63, 3.8) is 0 Å². The van der Waals surface area contributed by atoms with Crippen LogP contribution in [0.2, 0.25) is 0 Å². The predicted octanol–water partition coefficient (Wildman–Crippen LogP) is 3.32. The van der Waals surface area contributed by atoms with E-state index in [0.29, 0.717) is 0 Å². The van der Waals surface area contributed by atoms with Gasteiger partial charge < -0.3 is 0 Å². The second kappa shape index (κ2) is 4.91. The van der Waals surface area contributed by atoms with E-state index in [9.17, 15) is 0 Å². The summed E-state index contributed by atoms with van der Waals surface area (Å²) in [6.45, 7) is 2.35. The summed E-state index contributed by atoms with van der Waals surface area (Å²) in [6, 6.07) is 10.8. The van der Waals surface area contributed by atoms with E-state index in [1.54, 1.807) is 0 Å². The molecule has 3 rings (SSSR count). The third kappa shape index (κ3) is 2.24. The first kappa shape index (κ1) is 12.6. The third-order valence-corrected chi connectivity index (χ3v) is 4.57. The van der Waals surface area contributed by atoms with Gasteiger partial charge in [-0.1, -0.05) is 31.9 Å². The van der Waals surface area contributed by atoms with Gasteiger partial charge in [-0.05, 0) is 42.0 Å². The van der Waals surface area contributed by atoms with Gasteiger partial charge in [0.05, 0.1) is 11.6 Å². The van der Waals surface area contributed by atoms with Crippen LogP contribution in [-0.4, -0.2) is 4.98 Å². The fraction of sp³-hybridized carbons (Fsp3) is 0.438. The average Bonchev–Trinajstić information content (AvgIpc) is 2.87. The van der Waals surface area contributed by atoms with Gasteiger partial charge in [0, 0.05) is 11.6 Å². The van der Waals surface area contributed by atoms with E-state index in [1.807, 2.05) is 12.3 Å². The highest BCUT2D eigenvalue weighted by molar-refractivity contribution is 5.79. The summed E-state index contributed by atoms with van der Waals surface area (Å²) in [5.74, 6) is 5.85. The lowest BCUT2D eigenvalue weighted by molar-refractivity contribution is 0.225. The molecule has 0 saturated heterocycles. The Morgan fingerprint density at radius 1 is 1.26 bits per heavy atom. The summed E-state index contributed by atoms with van der Waals surface area (Å²) in [5.41, 5.74) is 5.62. The number of rotatable bonds is 3. The highest BCUT2D eigenvalue weighted by Crippen LogP contribution is 2.47. The van der Waals surface area contributed by atoms with Crippen molar-refractivity contribution < 1.29 is 0 Å². The van der Waals surface area contributed by atoms with Crippen LogP contribution in [0.25, 0.3) is 10.9 Å². The topological polar surface area (TPSA) is 50.9 Å². The summed E-state index contributed by atoms with van der Waals surface area (Å²) in [6.07, 6.45) is 6.94. The quantitative estimate of drug-likeness (QED) is 0.653. The fourth-order valence-corrected chi connectivity index (χ4v) is 3.44. The van der Waals surface area contributed by atoms with Crippen LogP contribution in [0.5, 0.6) is 0 Å². The van der Waals surface area contributed by atoms with Gasteiger partial charge in [-0.15, -0.1) is 0 Å². The second-order valence-electron chi connectivity index (χ2n) is 5.92. The molecule has 1 saturated carbocycles. The van der Waals surface area contributed by atoms with Gasteiger partial charge in [0.2, 0.25) is 0 Å². The molecule has 0 aliphatic heterocycles. The smallest absolute Gasteiger partial charge is 0.0702 e. The standard InChI is InChI=1S/C16H21N3/c1-16(8-2-3-9-16)15(19-17)13-6-7-14-12(11-13)5-4-10-18-14/h4-7,10-11,15,19H,2-3,8-9,17H2,1H3. The zero-order valence-corrected chi connectivity index (χ0v) is 11.4. The molecule has 2 aromatic rings. The highest BCUT2D eigenvalue weighted by atomic mass is 15.2. The zero-order valence-electron chi connectivity index (χ0n) is 11.4. The molecular weight excluding hydrogens is 234 g/mol. The number of hydrogen-bond donors (Lipinski definition) is 2. The highest BCUT2D eigenvalue weighted by Gasteiger charge is 2.37. The molecule has 1 heterocycles. The molecule has 1 aliphatic carbocycles. The van der Waals surface area contributed by atoms with E-state index < -0.39 is 0 Å². The number of aromatic nitrogens is 1. The minimum absolute atomic E-state index is 0.222. The zero-order chi connectivity index (χ0) is 13.3. The largest absolute Gasteiger partial charge is 0.271 e. The summed E-state index contributed by atoms with van der Waals surface area (Å²) in [4.78, 5) is 4.37. The van der Waals surface area contributed by atoms with Crippen molar-refractivity contribution in [3.05, 3.63) is 42.1 Å². The molecule has 19 heavy (non-hydrogen) atoms. The Morgan fingerprint density at radius 2 is 2.05 bits per heavy atom. The maximum Gasteiger partial charge on any atom is 0.0702 e. The first-order valence-corrected chi connectivity index (χ1v) is 7.04. The molecule has 0 spiro atoms. The van der Waals surface area contributed by atoms with Gasteiger partial charge in [-0.25, -0.2) is 0 Å². The molecule has 1 atom stereocenters. The summed E-state index contributed by atoms with van der Waals surface area (Å²) >= 11 is 0. The summed E-state index contributed by atoms with van der Waals surface area (Å²) in [5, 5.41) is 1.18. The van der Waals surface area contributed by atoms with Gasteiger partial charge in [0.1, 0.15) is 0 Å². The number of nitrogens with two attached hydrogens (primary N) is 1. The number of hydrogen-bond acceptors (Lipinski definition) is 3. The van der Waals surface area contributed by atoms with Crippen LogP contribution in [0.3, 0.4) is 0 Å². The van der Waals surface area contributed by atoms with Crippen LogP contribution in [0, 0.1) is 5.41 Å². The number of nitrogens with zero attached hydrogens (tertiary/aromatic N) is 1. The first-order valence-electron chi connectivity index (χ1n) is 7.04. The number of hydrazine groups is 1. The van der Waals surface area contributed by atoms with E-state index in [2.05, 4.69) is 41.6 Å². The average molecular weight is 255 g/mol. The van der Waals surface area contributed by atoms with Gasteiger partial charge >= 0.3 is 0 Å². The molecule has 100 valence electrons. The normalized spacial score (nSPS) is 19.7. The van der Waals surface area contributed by atoms with Gasteiger partial charge in [0.25, 0.3) is 0 Å². The van der Waals surface area contributed by atoms with Crippen molar-refractivity contribution in [1.82, 2.24) is 10.4 Å². The maximum atomic E-state index is 5.85. The second-order valence-corrected chi connectivity index (χ2v) is 5.92. The van der Waals surface area contributed by atoms with Gasteiger partial charge in [0.15, 0.2) is 0 Å². The van der Waals surface area contributed by atoms with Crippen molar-refractivity contribution in [2.75, 3.05) is 0 Å². The Bertz CT molecular complexity index is 573. The van der Waals surface area contributed by atoms with Crippen LogP contribution in [-0.2, 0) is 0 Å². The van der Waals surface area contributed by atoms with E-state index in [-0.39, 0.29) is 11.5 Å². The van der Waals surface area contributed by atoms with E-state index in [1.165, 1.54) is 36.6 Å². The molecular formula is C16H21N3. The van der Waals surface area contributed by atoms with E-state index in [4.69, 9.17) is 5.84 Å². The molecule has 1 unspecified atom stereocenters. The summed E-state index contributed by atoms with van der Waals surface area (Å²) in [7, 11) is 0. The number of pyridine rings is 1. The van der Waals surface area contributed by atoms with Crippen LogP contribution in [0.1, 0.15) is 44.2 Å². The van der Waals surface area contributed by atoms with Gasteiger partial charge in [-0.3, -0.25) is 16.3 Å². The Kier molecular flexibility index (Phi) is 3.25. The predicted molar refractivity (Wildman–Crippen MR) is 78.4 cm³/mol. The number of fused-ring (bicyclic) bond motifs is 1. The fourth-order valence-electron chi connectivity index (χ4n) is 3.44. The first-order chi connectivity index (χ1) is 9.23. The number of benzene rings is 1. The Hall–Kier alpha value is -1.45. The lowest BCUT2D eigenvalue weighted by Crippen LogP contribution is -2.38. The Balaban J connectivity index is 2.01. The van der Waals surface area contributed by atoms with Crippen molar-refractivity contribution in [2.45, 2.75) is 38.6 Å². The molecule has 1 aromatic carbocycles. The van der Waals surface area contributed by atoms with Crippen LogP contribution in [0.15, 0.2) is 36.5 Å². The molecule has 1 aromatic heterocycles. The monoisotopic (exact) mass is 255 g/mol. The van der Waals surface area contributed by atoms with Crippen LogP contribution in [0.4, 0.5) is 0 Å². The summed E-state index contributed by atoms with van der Waals surface area (Å²) < 4.78 is 0. The van der Waals surface area contributed by atoms with E-state index >= 15 is 0 Å². The lowest BCUT2D eigenvalue weighted by atomic mass is 9.77. The molecule has 0 bridgehead atoms. The minimum Gasteiger partial charge on any atom is -0.271 e. The molecule has 0 amide bonds. The molecule has 3 nitrogen and oxygen atoms in total. The third-order valence-electron chi connectivity index (χ3n) is 4.57. The van der Waals surface area contributed by atoms with Crippen molar-refractivity contribution in [1.29, 1.82) is 0 Å². The van der Waals surface area contributed by atoms with E-state index in [0.717, 1.165) is 5.52 Å².